The van der Waals surface area contributed by atoms with Crippen molar-refractivity contribution in [2.75, 3.05) is 0 Å². The van der Waals surface area contributed by atoms with Crippen molar-refractivity contribution in [3.63, 3.8) is 0 Å². The van der Waals surface area contributed by atoms with Crippen molar-refractivity contribution in [3.05, 3.63) is 70.8 Å². The highest BCUT2D eigenvalue weighted by Gasteiger charge is 2.42. The molecule has 0 amide bonds. The fourth-order valence-corrected chi connectivity index (χ4v) is 4.64. The molecular weight excluding hydrogens is 264 g/mol. The summed E-state index contributed by atoms with van der Waals surface area (Å²) in [5.74, 6) is 0. The molecule has 0 heteroatoms. The van der Waals surface area contributed by atoms with Gasteiger partial charge in [-0.2, -0.15) is 0 Å². The van der Waals surface area contributed by atoms with Gasteiger partial charge in [0.15, 0.2) is 0 Å². The van der Waals surface area contributed by atoms with E-state index in [-0.39, 0.29) is 10.8 Å². The van der Waals surface area contributed by atoms with Gasteiger partial charge >= 0.3 is 0 Å². The lowest BCUT2D eigenvalue weighted by atomic mass is 9.74. The second-order valence-electron chi connectivity index (χ2n) is 8.19. The van der Waals surface area contributed by atoms with Gasteiger partial charge < -0.3 is 0 Å². The van der Waals surface area contributed by atoms with E-state index < -0.39 is 0 Å². The van der Waals surface area contributed by atoms with Crippen LogP contribution in [0.15, 0.2) is 48.5 Å². The molecule has 2 aromatic rings. The number of fused-ring (bicyclic) bond motifs is 2. The Balaban J connectivity index is 2.08. The van der Waals surface area contributed by atoms with E-state index >= 15 is 0 Å². The maximum Gasteiger partial charge on any atom is -0.00538 e. The predicted octanol–water partition coefficient (Wildman–Crippen LogP) is 5.76. The van der Waals surface area contributed by atoms with Crippen LogP contribution in [0.4, 0.5) is 0 Å². The van der Waals surface area contributed by atoms with Crippen molar-refractivity contribution in [1.29, 1.82) is 0 Å². The van der Waals surface area contributed by atoms with Crippen molar-refractivity contribution < 1.29 is 0 Å². The molecule has 0 N–H and O–H groups in total. The fraction of sp³-hybridized carbons (Fsp3) is 0.364. The Bertz CT molecular complexity index is 720. The maximum atomic E-state index is 2.41. The first kappa shape index (κ1) is 13.8. The summed E-state index contributed by atoms with van der Waals surface area (Å²) in [6, 6.07) is 18.0. The number of rotatable bonds is 0. The molecule has 0 saturated carbocycles. The number of hydrogen-bond donors (Lipinski definition) is 0. The first-order valence-corrected chi connectivity index (χ1v) is 8.32. The average molecular weight is 288 g/mol. The quantitative estimate of drug-likeness (QED) is 0.578. The molecular formula is C22H24. The normalized spacial score (nSPS) is 24.2. The Hall–Kier alpha value is -1.82. The van der Waals surface area contributed by atoms with Gasteiger partial charge in [-0.15, -0.1) is 0 Å². The minimum absolute atomic E-state index is 0.216. The maximum absolute atomic E-state index is 2.41. The lowest BCUT2D eigenvalue weighted by Gasteiger charge is -2.30. The molecule has 2 aliphatic rings. The molecule has 0 aromatic heterocycles. The highest BCUT2D eigenvalue weighted by atomic mass is 14.5. The molecule has 0 radical (unpaired) electrons. The second kappa shape index (κ2) is 4.35. The minimum Gasteiger partial charge on any atom is -0.0620 e. The summed E-state index contributed by atoms with van der Waals surface area (Å²) in [5.41, 5.74) is 9.57. The SMILES string of the molecule is CC1(C)Cc2ccccc2/C1=C1/c2ccccc2CC1(C)C. The predicted molar refractivity (Wildman–Crippen MR) is 94.7 cm³/mol. The van der Waals surface area contributed by atoms with Gasteiger partial charge in [-0.1, -0.05) is 76.2 Å². The summed E-state index contributed by atoms with van der Waals surface area (Å²) in [6.45, 7) is 9.64. The van der Waals surface area contributed by atoms with Crippen LogP contribution in [0.25, 0.3) is 11.1 Å². The Morgan fingerprint density at radius 1 is 0.591 bits per heavy atom. The average Bonchev–Trinajstić information content (AvgIpc) is 2.86. The molecule has 2 aliphatic carbocycles. The van der Waals surface area contributed by atoms with E-state index in [1.54, 1.807) is 11.1 Å². The van der Waals surface area contributed by atoms with Gasteiger partial charge in [-0.05, 0) is 57.1 Å². The van der Waals surface area contributed by atoms with Crippen LogP contribution in [-0.4, -0.2) is 0 Å². The zero-order valence-corrected chi connectivity index (χ0v) is 14.0. The standard InChI is InChI=1S/C22H24/c1-21(2)13-15-9-5-7-11-17(15)19(21)20-18-12-8-6-10-16(18)14-22(20,3)4/h5-12H,13-14H2,1-4H3/b20-19+. The third-order valence-corrected chi connectivity index (χ3v) is 5.44. The van der Waals surface area contributed by atoms with Crippen molar-refractivity contribution in [3.8, 4) is 0 Å². The molecule has 0 atom stereocenters. The highest BCUT2D eigenvalue weighted by Crippen LogP contribution is 2.57. The summed E-state index contributed by atoms with van der Waals surface area (Å²) in [4.78, 5) is 0. The van der Waals surface area contributed by atoms with Gasteiger partial charge in [-0.3, -0.25) is 0 Å². The number of allylic oxidation sites excluding steroid dienone is 2. The third kappa shape index (κ3) is 1.83. The van der Waals surface area contributed by atoms with E-state index in [2.05, 4.69) is 76.2 Å². The van der Waals surface area contributed by atoms with Crippen LogP contribution < -0.4 is 0 Å². The molecule has 22 heavy (non-hydrogen) atoms. The van der Waals surface area contributed by atoms with Crippen LogP contribution in [0.3, 0.4) is 0 Å². The van der Waals surface area contributed by atoms with Crippen LogP contribution in [-0.2, 0) is 12.8 Å². The number of benzene rings is 2. The molecule has 0 aliphatic heterocycles. The van der Waals surface area contributed by atoms with Gasteiger partial charge in [0.2, 0.25) is 0 Å². The first-order chi connectivity index (χ1) is 10.4. The molecule has 0 spiro atoms. The van der Waals surface area contributed by atoms with Crippen LogP contribution >= 0.6 is 0 Å². The van der Waals surface area contributed by atoms with Crippen LogP contribution in [0, 0.1) is 10.8 Å². The van der Waals surface area contributed by atoms with Gasteiger partial charge in [0.25, 0.3) is 0 Å². The molecule has 112 valence electrons. The van der Waals surface area contributed by atoms with Crippen molar-refractivity contribution in [2.45, 2.75) is 40.5 Å². The molecule has 0 bridgehead atoms. The van der Waals surface area contributed by atoms with Crippen LogP contribution in [0.5, 0.6) is 0 Å². The molecule has 0 unspecified atom stereocenters. The Morgan fingerprint density at radius 3 is 1.36 bits per heavy atom. The first-order valence-electron chi connectivity index (χ1n) is 8.32. The molecule has 0 saturated heterocycles. The molecule has 2 aromatic carbocycles. The minimum atomic E-state index is 0.216. The van der Waals surface area contributed by atoms with Crippen molar-refractivity contribution >= 4 is 11.1 Å². The van der Waals surface area contributed by atoms with E-state index in [1.807, 2.05) is 0 Å². The topological polar surface area (TPSA) is 0 Å². The van der Waals surface area contributed by atoms with Crippen molar-refractivity contribution in [1.82, 2.24) is 0 Å². The summed E-state index contributed by atoms with van der Waals surface area (Å²) >= 11 is 0. The lowest BCUT2D eigenvalue weighted by Crippen LogP contribution is -2.17. The molecule has 0 nitrogen and oxygen atoms in total. The zero-order valence-electron chi connectivity index (χ0n) is 14.0. The Kier molecular flexibility index (Phi) is 2.73. The van der Waals surface area contributed by atoms with E-state index in [0.29, 0.717) is 0 Å². The van der Waals surface area contributed by atoms with Gasteiger partial charge in [0, 0.05) is 0 Å². The van der Waals surface area contributed by atoms with E-state index in [4.69, 9.17) is 0 Å². The number of hydrogen-bond acceptors (Lipinski definition) is 0. The van der Waals surface area contributed by atoms with Crippen molar-refractivity contribution in [2.24, 2.45) is 10.8 Å². The van der Waals surface area contributed by atoms with E-state index in [1.165, 1.54) is 22.3 Å². The third-order valence-electron chi connectivity index (χ3n) is 5.44. The largest absolute Gasteiger partial charge is 0.0620 e. The second-order valence-corrected chi connectivity index (χ2v) is 8.19. The fourth-order valence-electron chi connectivity index (χ4n) is 4.64. The molecule has 0 heterocycles. The monoisotopic (exact) mass is 288 g/mol. The van der Waals surface area contributed by atoms with Gasteiger partial charge in [0.05, 0.1) is 0 Å². The van der Waals surface area contributed by atoms with Crippen LogP contribution in [0.2, 0.25) is 0 Å². The van der Waals surface area contributed by atoms with Gasteiger partial charge in [0.1, 0.15) is 0 Å². The highest BCUT2D eigenvalue weighted by molar-refractivity contribution is 6.00. The zero-order chi connectivity index (χ0) is 15.5. The Labute approximate surface area is 133 Å². The summed E-state index contributed by atoms with van der Waals surface area (Å²) in [5, 5.41) is 0. The molecule has 4 rings (SSSR count). The van der Waals surface area contributed by atoms with Crippen LogP contribution in [0.1, 0.15) is 49.9 Å². The molecule has 0 fully saturated rings. The summed E-state index contributed by atoms with van der Waals surface area (Å²) in [6.07, 6.45) is 2.31. The lowest BCUT2D eigenvalue weighted by molar-refractivity contribution is 0.495. The Morgan fingerprint density at radius 2 is 0.955 bits per heavy atom. The van der Waals surface area contributed by atoms with E-state index in [0.717, 1.165) is 12.8 Å². The van der Waals surface area contributed by atoms with E-state index in [9.17, 15) is 0 Å². The smallest absolute Gasteiger partial charge is 0.00538 e. The van der Waals surface area contributed by atoms with Gasteiger partial charge in [-0.25, -0.2) is 0 Å². The summed E-state index contributed by atoms with van der Waals surface area (Å²) in [7, 11) is 0. The summed E-state index contributed by atoms with van der Waals surface area (Å²) < 4.78 is 0.